The van der Waals surface area contributed by atoms with Crippen molar-refractivity contribution in [2.24, 2.45) is 0 Å². The van der Waals surface area contributed by atoms with E-state index in [1.54, 1.807) is 31.2 Å². The summed E-state index contributed by atoms with van der Waals surface area (Å²) >= 11 is 12.4. The van der Waals surface area contributed by atoms with Crippen molar-refractivity contribution in [1.82, 2.24) is 0 Å². The van der Waals surface area contributed by atoms with E-state index in [4.69, 9.17) is 25.8 Å². The molecular weight excluding hydrogens is 479 g/mol. The van der Waals surface area contributed by atoms with Gasteiger partial charge in [-0.1, -0.05) is 27.5 Å². The summed E-state index contributed by atoms with van der Waals surface area (Å²) in [4.78, 5) is 24.0. The summed E-state index contributed by atoms with van der Waals surface area (Å²) in [5.41, 5.74) is 0.150. The lowest BCUT2D eigenvalue weighted by Crippen LogP contribution is -2.19. The van der Waals surface area contributed by atoms with Crippen LogP contribution in [0.3, 0.4) is 0 Å². The van der Waals surface area contributed by atoms with Crippen molar-refractivity contribution in [3.05, 3.63) is 55.9 Å². The molecule has 0 aliphatic heterocycles. The van der Waals surface area contributed by atoms with Gasteiger partial charge in [0, 0.05) is 9.50 Å². The normalized spacial score (nSPS) is 10.2. The number of carbonyl (C=O) groups is 2. The SMILES string of the molecule is CCOC(=O)c1cc(Br)ccc1OC(=O)COc1ccc(Cl)cc1Br. The number of ether oxygens (including phenoxy) is 3. The van der Waals surface area contributed by atoms with Crippen LogP contribution in [-0.2, 0) is 9.53 Å². The van der Waals surface area contributed by atoms with E-state index in [0.717, 1.165) is 0 Å². The summed E-state index contributed by atoms with van der Waals surface area (Å²) in [6.45, 7) is 1.57. The Labute approximate surface area is 166 Å². The number of esters is 2. The molecule has 2 rings (SSSR count). The number of carbonyl (C=O) groups excluding carboxylic acids is 2. The van der Waals surface area contributed by atoms with Crippen LogP contribution in [0.2, 0.25) is 5.02 Å². The summed E-state index contributed by atoms with van der Waals surface area (Å²) in [5, 5.41) is 0.538. The molecule has 5 nitrogen and oxygen atoms in total. The van der Waals surface area contributed by atoms with E-state index in [2.05, 4.69) is 31.9 Å². The highest BCUT2D eigenvalue weighted by Crippen LogP contribution is 2.28. The molecule has 0 heterocycles. The van der Waals surface area contributed by atoms with Crippen LogP contribution >= 0.6 is 43.5 Å². The monoisotopic (exact) mass is 490 g/mol. The first-order chi connectivity index (χ1) is 11.9. The molecule has 8 heteroatoms. The Morgan fingerprint density at radius 2 is 1.80 bits per heavy atom. The zero-order valence-electron chi connectivity index (χ0n) is 13.1. The molecule has 2 aromatic rings. The molecule has 0 aliphatic rings. The average molecular weight is 493 g/mol. The van der Waals surface area contributed by atoms with Crippen molar-refractivity contribution >= 4 is 55.4 Å². The Kier molecular flexibility index (Phi) is 7.28. The van der Waals surface area contributed by atoms with Crippen LogP contribution < -0.4 is 9.47 Å². The Morgan fingerprint density at radius 3 is 2.48 bits per heavy atom. The smallest absolute Gasteiger partial charge is 0.349 e. The predicted molar refractivity (Wildman–Crippen MR) is 100 cm³/mol. The van der Waals surface area contributed by atoms with Crippen LogP contribution in [0.25, 0.3) is 0 Å². The van der Waals surface area contributed by atoms with Gasteiger partial charge in [0.05, 0.1) is 11.1 Å². The quantitative estimate of drug-likeness (QED) is 0.418. The van der Waals surface area contributed by atoms with Gasteiger partial charge in [0.15, 0.2) is 6.61 Å². The molecule has 0 spiro atoms. The second kappa shape index (κ2) is 9.22. The van der Waals surface area contributed by atoms with Gasteiger partial charge in [-0.15, -0.1) is 0 Å². The molecule has 2 aromatic carbocycles. The van der Waals surface area contributed by atoms with Gasteiger partial charge >= 0.3 is 11.9 Å². The number of benzene rings is 2. The molecule has 0 aromatic heterocycles. The van der Waals surface area contributed by atoms with Gasteiger partial charge in [-0.25, -0.2) is 9.59 Å². The van der Waals surface area contributed by atoms with Gasteiger partial charge in [-0.2, -0.15) is 0 Å². The summed E-state index contributed by atoms with van der Waals surface area (Å²) < 4.78 is 16.9. The van der Waals surface area contributed by atoms with E-state index >= 15 is 0 Å². The van der Waals surface area contributed by atoms with E-state index in [9.17, 15) is 9.59 Å². The van der Waals surface area contributed by atoms with Crippen molar-refractivity contribution in [3.8, 4) is 11.5 Å². The Bertz CT molecular complexity index is 795. The second-order valence-corrected chi connectivity index (χ2v) is 6.90. The average Bonchev–Trinajstić information content (AvgIpc) is 2.56. The maximum atomic E-state index is 12.0. The summed E-state index contributed by atoms with van der Waals surface area (Å²) in [7, 11) is 0. The number of hydrogen-bond donors (Lipinski definition) is 0. The van der Waals surface area contributed by atoms with Crippen LogP contribution in [0.5, 0.6) is 11.5 Å². The van der Waals surface area contributed by atoms with E-state index < -0.39 is 11.9 Å². The maximum Gasteiger partial charge on any atom is 0.349 e. The predicted octanol–water partition coefficient (Wildman–Crippen LogP) is 5.03. The zero-order valence-corrected chi connectivity index (χ0v) is 17.0. The Morgan fingerprint density at radius 1 is 1.08 bits per heavy atom. The Hall–Kier alpha value is -1.57. The van der Waals surface area contributed by atoms with Crippen molar-refractivity contribution < 1.29 is 23.8 Å². The third kappa shape index (κ3) is 5.73. The topological polar surface area (TPSA) is 61.8 Å². The van der Waals surface area contributed by atoms with Crippen molar-refractivity contribution in [3.63, 3.8) is 0 Å². The summed E-state index contributed by atoms with van der Waals surface area (Å²) in [6, 6.07) is 9.60. The lowest BCUT2D eigenvalue weighted by Gasteiger charge is -2.11. The summed E-state index contributed by atoms with van der Waals surface area (Å²) in [5.74, 6) is -0.684. The Balaban J connectivity index is 2.06. The lowest BCUT2D eigenvalue weighted by atomic mass is 10.2. The van der Waals surface area contributed by atoms with E-state index in [-0.39, 0.29) is 24.5 Å². The molecule has 0 radical (unpaired) electrons. The standard InChI is InChI=1S/C17H13Br2ClO5/c1-2-23-17(22)12-7-10(18)3-5-14(12)25-16(21)9-24-15-6-4-11(20)8-13(15)19/h3-8H,2,9H2,1H3. The highest BCUT2D eigenvalue weighted by atomic mass is 79.9. The molecule has 0 saturated carbocycles. The van der Waals surface area contributed by atoms with E-state index in [1.807, 2.05) is 0 Å². The minimum absolute atomic E-state index is 0.102. The highest BCUT2D eigenvalue weighted by molar-refractivity contribution is 9.10. The first-order valence-electron chi connectivity index (χ1n) is 7.16. The minimum Gasteiger partial charge on any atom is -0.481 e. The first kappa shape index (κ1) is 19.8. The van der Waals surface area contributed by atoms with Crippen LogP contribution in [0.15, 0.2) is 45.3 Å². The van der Waals surface area contributed by atoms with Crippen molar-refractivity contribution in [2.75, 3.05) is 13.2 Å². The van der Waals surface area contributed by atoms with E-state index in [1.165, 1.54) is 12.1 Å². The number of rotatable bonds is 6. The van der Waals surface area contributed by atoms with Crippen LogP contribution in [0.4, 0.5) is 0 Å². The van der Waals surface area contributed by atoms with Gasteiger partial charge in [-0.3, -0.25) is 0 Å². The maximum absolute atomic E-state index is 12.0. The van der Waals surface area contributed by atoms with Gasteiger partial charge < -0.3 is 14.2 Å². The lowest BCUT2D eigenvalue weighted by molar-refractivity contribution is -0.136. The zero-order chi connectivity index (χ0) is 18.4. The highest BCUT2D eigenvalue weighted by Gasteiger charge is 2.17. The van der Waals surface area contributed by atoms with Crippen LogP contribution in [0.1, 0.15) is 17.3 Å². The largest absolute Gasteiger partial charge is 0.481 e. The fourth-order valence-corrected chi connectivity index (χ4v) is 3.00. The summed E-state index contributed by atoms with van der Waals surface area (Å²) in [6.07, 6.45) is 0. The van der Waals surface area contributed by atoms with Gasteiger partial charge in [0.2, 0.25) is 0 Å². The third-order valence-corrected chi connectivity index (χ3v) is 4.25. The van der Waals surface area contributed by atoms with Gasteiger partial charge in [-0.05, 0) is 59.3 Å². The van der Waals surface area contributed by atoms with Crippen LogP contribution in [0, 0.1) is 0 Å². The molecule has 0 N–H and O–H groups in total. The molecule has 132 valence electrons. The molecule has 0 bridgehead atoms. The molecule has 25 heavy (non-hydrogen) atoms. The first-order valence-corrected chi connectivity index (χ1v) is 9.12. The minimum atomic E-state index is -0.658. The van der Waals surface area contributed by atoms with Crippen molar-refractivity contribution in [1.29, 1.82) is 0 Å². The van der Waals surface area contributed by atoms with Gasteiger partial charge in [0.1, 0.15) is 17.1 Å². The molecule has 0 amide bonds. The second-order valence-electron chi connectivity index (χ2n) is 4.70. The van der Waals surface area contributed by atoms with E-state index in [0.29, 0.717) is 19.7 Å². The molecular formula is C17H13Br2ClO5. The fraction of sp³-hybridized carbons (Fsp3) is 0.176. The van der Waals surface area contributed by atoms with Crippen LogP contribution in [-0.4, -0.2) is 25.2 Å². The molecule has 0 aliphatic carbocycles. The third-order valence-electron chi connectivity index (χ3n) is 2.90. The number of hydrogen-bond acceptors (Lipinski definition) is 5. The molecule has 0 atom stereocenters. The number of halogens is 3. The molecule has 0 unspecified atom stereocenters. The molecule has 0 saturated heterocycles. The fourth-order valence-electron chi connectivity index (χ4n) is 1.84. The molecule has 0 fully saturated rings. The van der Waals surface area contributed by atoms with Gasteiger partial charge in [0.25, 0.3) is 0 Å². The van der Waals surface area contributed by atoms with Crippen molar-refractivity contribution in [2.45, 2.75) is 6.92 Å².